The van der Waals surface area contributed by atoms with Gasteiger partial charge in [0.05, 0.1) is 17.5 Å². The van der Waals surface area contributed by atoms with Crippen LogP contribution in [0.15, 0.2) is 102 Å². The van der Waals surface area contributed by atoms with Crippen molar-refractivity contribution in [3.05, 3.63) is 114 Å². The molecule has 7 heterocycles. The van der Waals surface area contributed by atoms with Gasteiger partial charge in [-0.05, 0) is 129 Å². The smallest absolute Gasteiger partial charge is 0.275 e. The fraction of sp³-hybridized carbons (Fsp3) is 0.446. The number of carbonyl (C=O) groups excluding carboxylic acids is 2. The molecule has 11 rings (SSSR count). The van der Waals surface area contributed by atoms with E-state index in [2.05, 4.69) is 35.5 Å². The summed E-state index contributed by atoms with van der Waals surface area (Å²) < 4.78 is 26.4. The van der Waals surface area contributed by atoms with Gasteiger partial charge in [-0.25, -0.2) is 14.4 Å². The second-order valence-electron chi connectivity index (χ2n) is 21.1. The van der Waals surface area contributed by atoms with Crippen molar-refractivity contribution in [3.63, 3.8) is 0 Å². The number of hydrogen-bond donors (Lipinski definition) is 4. The second kappa shape index (κ2) is 21.5. The first-order valence-electron chi connectivity index (χ1n) is 26.4. The quantitative estimate of drug-likeness (QED) is 0.0789. The van der Waals surface area contributed by atoms with E-state index in [4.69, 9.17) is 29.8 Å². The van der Waals surface area contributed by atoms with Crippen molar-refractivity contribution in [2.75, 3.05) is 48.3 Å². The first-order chi connectivity index (χ1) is 36.4. The van der Waals surface area contributed by atoms with Gasteiger partial charge in [0.15, 0.2) is 17.3 Å². The fourth-order valence-corrected chi connectivity index (χ4v) is 12.1. The summed E-state index contributed by atoms with van der Waals surface area (Å²) in [5, 5.41) is 33.9. The number of aromatic hydroxyl groups is 1. The Hall–Kier alpha value is -7.38. The maximum absolute atomic E-state index is 14.3. The van der Waals surface area contributed by atoms with E-state index in [-0.39, 0.29) is 54.5 Å². The van der Waals surface area contributed by atoms with Gasteiger partial charge in [0.1, 0.15) is 29.6 Å². The number of para-hydroxylation sites is 1. The van der Waals surface area contributed by atoms with Crippen LogP contribution in [-0.4, -0.2) is 126 Å². The fourth-order valence-electron chi connectivity index (χ4n) is 12.1. The number of nitrogens with one attached hydrogen (secondary N) is 1. The van der Waals surface area contributed by atoms with Crippen LogP contribution < -0.4 is 30.6 Å². The third kappa shape index (κ3) is 10.5. The highest BCUT2D eigenvalue weighted by Crippen LogP contribution is 2.40. The molecule has 3 aromatic carbocycles. The lowest BCUT2D eigenvalue weighted by Crippen LogP contribution is -2.54. The van der Waals surface area contributed by atoms with E-state index in [1.54, 1.807) is 60.7 Å². The van der Waals surface area contributed by atoms with Crippen LogP contribution in [0.3, 0.4) is 0 Å². The maximum atomic E-state index is 14.3. The molecule has 1 aliphatic carbocycles. The van der Waals surface area contributed by atoms with Gasteiger partial charge in [0, 0.05) is 73.8 Å². The number of rotatable bonds is 14. The van der Waals surface area contributed by atoms with Gasteiger partial charge >= 0.3 is 0 Å². The zero-order valence-corrected chi connectivity index (χ0v) is 42.2. The Labute approximate surface area is 435 Å². The number of halogens is 1. The molecule has 2 amide bonds. The summed E-state index contributed by atoms with van der Waals surface area (Å²) in [5.74, 6) is 0.430. The normalized spacial score (nSPS) is 23.6. The summed E-state index contributed by atoms with van der Waals surface area (Å²) in [6.45, 7) is 7.34. The van der Waals surface area contributed by atoms with E-state index in [1.807, 2.05) is 44.4 Å². The number of benzene rings is 3. The van der Waals surface area contributed by atoms with Crippen molar-refractivity contribution in [1.82, 2.24) is 40.6 Å². The van der Waals surface area contributed by atoms with Gasteiger partial charge in [-0.3, -0.25) is 9.59 Å². The lowest BCUT2D eigenvalue weighted by molar-refractivity contribution is -0.143. The molecule has 5 atom stereocenters. The molecule has 0 spiro atoms. The molecule has 2 unspecified atom stereocenters. The number of β-amino-alcohol motifs (C(OH)–C–C–N with tert-alkyl or cyclic N) is 1. The maximum Gasteiger partial charge on any atom is 0.275 e. The van der Waals surface area contributed by atoms with Crippen molar-refractivity contribution in [2.45, 2.75) is 120 Å². The molecule has 4 saturated heterocycles. The Morgan fingerprint density at radius 2 is 1.51 bits per heavy atom. The van der Waals surface area contributed by atoms with Crippen molar-refractivity contribution >= 4 is 29.3 Å². The van der Waals surface area contributed by atoms with Gasteiger partial charge in [-0.1, -0.05) is 56.3 Å². The number of amides is 2. The van der Waals surface area contributed by atoms with E-state index in [1.165, 1.54) is 16.5 Å². The number of fused-ring (bicyclic) bond motifs is 2. The Balaban J connectivity index is 0.635. The molecule has 19 heteroatoms. The molecule has 1 saturated carbocycles. The topological polar surface area (TPSA) is 222 Å². The van der Waals surface area contributed by atoms with Crippen LogP contribution >= 0.6 is 0 Å². The van der Waals surface area contributed by atoms with Gasteiger partial charge in [0.25, 0.3) is 11.8 Å². The van der Waals surface area contributed by atoms with Crippen LogP contribution in [0.4, 0.5) is 21.8 Å². The molecule has 5 N–H and O–H groups in total. The molecule has 5 fully saturated rings. The summed E-state index contributed by atoms with van der Waals surface area (Å²) >= 11 is 0. The lowest BCUT2D eigenvalue weighted by atomic mass is 9.87. The largest absolute Gasteiger partial charge is 0.507 e. The number of nitrogens with two attached hydrogens (primary N) is 1. The van der Waals surface area contributed by atoms with E-state index < -0.39 is 24.0 Å². The van der Waals surface area contributed by atoms with Gasteiger partial charge in [0.2, 0.25) is 11.9 Å². The van der Waals surface area contributed by atoms with Crippen LogP contribution in [0.5, 0.6) is 17.4 Å². The molecule has 2 bridgehead atoms. The summed E-state index contributed by atoms with van der Waals surface area (Å²) in [6.07, 6.45) is 11.1. The minimum Gasteiger partial charge on any atom is -0.507 e. The number of carbonyl (C=O) groups is 2. The van der Waals surface area contributed by atoms with E-state index in [0.717, 1.165) is 89.2 Å². The highest BCUT2D eigenvalue weighted by atomic mass is 19.1. The Bertz CT molecular complexity index is 2950. The van der Waals surface area contributed by atoms with Crippen LogP contribution in [0, 0.1) is 11.7 Å². The standard InChI is InChI=1S/C56H64FN11O7/c1-33(2)52(55(72)67-32-40(69)25-48(67)54(71)64-74-42-17-11-35(12-18-42)43-7-3-5-9-45(43)57)50-27-51(63-75-50)73-41-19-15-37(16-20-41)65-23-21-34(22-24-65)36-28-59-56(60-29-36)68-38-13-14-39(68)31-66(30-38)47-26-46(61-62-53(47)58)44-8-4-6-10-49(44)70/h3-12,17-18,26-29,33-34,37-41,48,52,69-70H,13-16,19-25,30-32H2,1-2H3,(H2,58,62)(H,64,71)/t37-,38?,39?,40-,41+,48+,52-/m1/s1. The number of aromatic nitrogens is 5. The zero-order valence-electron chi connectivity index (χ0n) is 42.2. The number of hydroxylamine groups is 1. The van der Waals surface area contributed by atoms with Crippen LogP contribution in [0.1, 0.15) is 94.8 Å². The molecule has 392 valence electrons. The molecule has 18 nitrogen and oxygen atoms in total. The highest BCUT2D eigenvalue weighted by Gasteiger charge is 2.45. The number of anilines is 3. The van der Waals surface area contributed by atoms with E-state index in [9.17, 15) is 24.2 Å². The van der Waals surface area contributed by atoms with Crippen molar-refractivity contribution < 1.29 is 38.3 Å². The Morgan fingerprint density at radius 1 is 0.827 bits per heavy atom. The predicted molar refractivity (Wildman–Crippen MR) is 278 cm³/mol. The summed E-state index contributed by atoms with van der Waals surface area (Å²) in [5.41, 5.74) is 13.1. The minimum atomic E-state index is -0.978. The van der Waals surface area contributed by atoms with Gasteiger partial charge in [-0.15, -0.1) is 10.2 Å². The molecule has 4 aliphatic heterocycles. The third-order valence-electron chi connectivity index (χ3n) is 16.1. The monoisotopic (exact) mass is 1020 g/mol. The van der Waals surface area contributed by atoms with Crippen molar-refractivity contribution in [2.24, 2.45) is 5.92 Å². The number of aliphatic hydroxyl groups excluding tert-OH is 1. The van der Waals surface area contributed by atoms with Crippen LogP contribution in [0.25, 0.3) is 22.4 Å². The number of ether oxygens (including phenoxy) is 1. The average molecular weight is 1020 g/mol. The number of phenols is 1. The summed E-state index contributed by atoms with van der Waals surface area (Å²) in [6, 6.07) is 23.8. The number of nitrogens with zero attached hydrogens (tertiary/aromatic N) is 9. The van der Waals surface area contributed by atoms with E-state index >= 15 is 0 Å². The first kappa shape index (κ1) is 49.8. The second-order valence-corrected chi connectivity index (χ2v) is 21.1. The number of phenolic OH excluding ortho intramolecular Hbond substituents is 1. The molecule has 0 radical (unpaired) electrons. The third-order valence-corrected chi connectivity index (χ3v) is 16.1. The first-order valence-corrected chi connectivity index (χ1v) is 26.4. The van der Waals surface area contributed by atoms with E-state index in [0.29, 0.717) is 57.6 Å². The summed E-state index contributed by atoms with van der Waals surface area (Å²) in [7, 11) is 0. The molecule has 75 heavy (non-hydrogen) atoms. The molecule has 3 aromatic heterocycles. The zero-order chi connectivity index (χ0) is 51.7. The number of likely N-dealkylation sites (tertiary alicyclic amines) is 2. The highest BCUT2D eigenvalue weighted by molar-refractivity contribution is 5.91. The van der Waals surface area contributed by atoms with Crippen LogP contribution in [-0.2, 0) is 9.59 Å². The van der Waals surface area contributed by atoms with Crippen molar-refractivity contribution in [3.8, 4) is 39.8 Å². The van der Waals surface area contributed by atoms with Crippen LogP contribution in [0.2, 0.25) is 0 Å². The number of hydrogen-bond acceptors (Lipinski definition) is 16. The van der Waals surface area contributed by atoms with Crippen molar-refractivity contribution in [1.29, 1.82) is 0 Å². The number of aliphatic hydroxyl groups is 1. The number of piperazine rings is 1. The minimum absolute atomic E-state index is 0.0204. The summed E-state index contributed by atoms with van der Waals surface area (Å²) in [4.78, 5) is 51.9. The van der Waals surface area contributed by atoms with Gasteiger partial charge in [-0.2, -0.15) is 5.48 Å². The molecule has 5 aliphatic rings. The lowest BCUT2D eigenvalue weighted by Gasteiger charge is -2.42. The SMILES string of the molecule is CC(C)[C@@H](C(=O)N1C[C@H](O)C[C@H]1C(=O)NOc1ccc(-c2ccccc2F)cc1)c1cc(O[C@H]2CC[C@@H](N3CCC(c4cnc(N5C6CCC5CN(c5cc(-c7ccccc7O)nnc5N)C6)nc4)CC3)CC2)no1. The molecular formula is C56H64FN11O7. The Kier molecular flexibility index (Phi) is 14.3. The molecular weight excluding hydrogens is 958 g/mol. The Morgan fingerprint density at radius 3 is 2.20 bits per heavy atom. The van der Waals surface area contributed by atoms with Gasteiger partial charge < -0.3 is 49.6 Å². The predicted octanol–water partition coefficient (Wildman–Crippen LogP) is 7.25. The molecule has 6 aromatic rings. The number of piperidine rings is 1. The number of nitrogen functional groups attached to an aromatic ring is 1. The average Bonchev–Trinajstić information content (AvgIpc) is 4.13.